The standard InChI is InChI=1S/C15H21N5O4S/c1-11(20(2)12-7-5-4-6-8-12)9-16-14(21)18-15-17-13(19-24-15)10-25(3,22)23/h4-8,11H,9-10H2,1-3H3,(H2,16,17,18,19,21)/t11-/m1/s1. The molecule has 2 rings (SSSR count). The molecule has 0 radical (unpaired) electrons. The zero-order chi connectivity index (χ0) is 18.4. The van der Waals surface area contributed by atoms with Crippen LogP contribution in [-0.2, 0) is 15.6 Å². The van der Waals surface area contributed by atoms with Crippen LogP contribution < -0.4 is 15.5 Å². The Bertz CT molecular complexity index is 806. The SMILES string of the molecule is C[C@H](CNC(=O)Nc1nc(CS(C)(=O)=O)no1)N(C)c1ccccc1. The number of aromatic nitrogens is 2. The highest BCUT2D eigenvalue weighted by atomic mass is 32.2. The lowest BCUT2D eigenvalue weighted by Crippen LogP contribution is -2.41. The smallest absolute Gasteiger partial charge is 0.329 e. The zero-order valence-electron chi connectivity index (χ0n) is 14.3. The third-order valence-corrected chi connectivity index (χ3v) is 4.25. The molecule has 1 aromatic carbocycles. The summed E-state index contributed by atoms with van der Waals surface area (Å²) in [5.74, 6) is -0.353. The Labute approximate surface area is 146 Å². The Balaban J connectivity index is 1.82. The largest absolute Gasteiger partial charge is 0.370 e. The number of nitrogens with zero attached hydrogens (tertiary/aromatic N) is 3. The third kappa shape index (κ3) is 6.07. The maximum absolute atomic E-state index is 11.9. The maximum atomic E-state index is 11.9. The molecule has 2 N–H and O–H groups in total. The topological polar surface area (TPSA) is 117 Å². The minimum atomic E-state index is -3.27. The van der Waals surface area contributed by atoms with E-state index < -0.39 is 15.9 Å². The molecule has 10 heteroatoms. The van der Waals surface area contributed by atoms with Gasteiger partial charge in [0, 0.05) is 31.6 Å². The number of urea groups is 1. The van der Waals surface area contributed by atoms with Gasteiger partial charge in [-0.3, -0.25) is 5.32 Å². The second kappa shape index (κ2) is 7.97. The average Bonchev–Trinajstić information content (AvgIpc) is 2.97. The molecule has 0 spiro atoms. The first-order valence-corrected chi connectivity index (χ1v) is 9.63. The van der Waals surface area contributed by atoms with Gasteiger partial charge < -0.3 is 14.7 Å². The summed E-state index contributed by atoms with van der Waals surface area (Å²) in [6, 6.07) is 9.19. The fraction of sp³-hybridized carbons (Fsp3) is 0.400. The van der Waals surface area contributed by atoms with Crippen LogP contribution in [0.4, 0.5) is 16.5 Å². The summed E-state index contributed by atoms with van der Waals surface area (Å²) >= 11 is 0. The molecule has 0 aliphatic carbocycles. The van der Waals surface area contributed by atoms with Crippen LogP contribution in [0.5, 0.6) is 0 Å². The van der Waals surface area contributed by atoms with Crippen LogP contribution in [-0.4, -0.2) is 50.5 Å². The predicted molar refractivity (Wildman–Crippen MR) is 94.2 cm³/mol. The molecule has 0 saturated carbocycles. The maximum Gasteiger partial charge on any atom is 0.329 e. The van der Waals surface area contributed by atoms with Gasteiger partial charge in [-0.25, -0.2) is 13.2 Å². The van der Waals surface area contributed by atoms with Crippen LogP contribution in [0.25, 0.3) is 0 Å². The van der Waals surface area contributed by atoms with Gasteiger partial charge in [-0.15, -0.1) is 0 Å². The van der Waals surface area contributed by atoms with Gasteiger partial charge in [0.25, 0.3) is 0 Å². The van der Waals surface area contributed by atoms with Gasteiger partial charge in [0.2, 0.25) is 0 Å². The number of nitrogens with one attached hydrogen (secondary N) is 2. The van der Waals surface area contributed by atoms with E-state index in [1.807, 2.05) is 49.2 Å². The number of carbonyl (C=O) groups is 1. The van der Waals surface area contributed by atoms with E-state index in [0.717, 1.165) is 11.9 Å². The molecule has 136 valence electrons. The van der Waals surface area contributed by atoms with Crippen molar-refractivity contribution in [2.75, 3.05) is 30.1 Å². The van der Waals surface area contributed by atoms with Crippen molar-refractivity contribution >= 4 is 27.6 Å². The quantitative estimate of drug-likeness (QED) is 0.756. The Morgan fingerprint density at radius 2 is 2.00 bits per heavy atom. The molecule has 25 heavy (non-hydrogen) atoms. The van der Waals surface area contributed by atoms with E-state index in [2.05, 4.69) is 20.8 Å². The average molecular weight is 367 g/mol. The zero-order valence-corrected chi connectivity index (χ0v) is 15.1. The summed E-state index contributed by atoms with van der Waals surface area (Å²) in [5, 5.41) is 8.58. The number of likely N-dealkylation sites (N-methyl/N-ethyl adjacent to an activating group) is 1. The van der Waals surface area contributed by atoms with Crippen LogP contribution in [0.1, 0.15) is 12.7 Å². The molecule has 0 aliphatic rings. The minimum Gasteiger partial charge on any atom is -0.370 e. The number of amides is 2. The number of sulfone groups is 1. The van der Waals surface area contributed by atoms with Gasteiger partial charge in [0.15, 0.2) is 15.7 Å². The molecule has 0 aliphatic heterocycles. The van der Waals surface area contributed by atoms with E-state index in [0.29, 0.717) is 6.54 Å². The number of rotatable bonds is 7. The van der Waals surface area contributed by atoms with E-state index in [-0.39, 0.29) is 23.6 Å². The third-order valence-electron chi connectivity index (χ3n) is 3.46. The first-order chi connectivity index (χ1) is 11.7. The molecular weight excluding hydrogens is 346 g/mol. The summed E-state index contributed by atoms with van der Waals surface area (Å²) in [5.41, 5.74) is 1.04. The number of anilines is 2. The van der Waals surface area contributed by atoms with Crippen molar-refractivity contribution in [3.8, 4) is 0 Å². The van der Waals surface area contributed by atoms with Crippen molar-refractivity contribution in [3.05, 3.63) is 36.2 Å². The summed E-state index contributed by atoms with van der Waals surface area (Å²) in [6.07, 6.45) is 1.06. The Morgan fingerprint density at radius 1 is 1.32 bits per heavy atom. The second-order valence-corrected chi connectivity index (χ2v) is 7.86. The van der Waals surface area contributed by atoms with E-state index in [1.54, 1.807) is 0 Å². The number of para-hydroxylation sites is 1. The van der Waals surface area contributed by atoms with Gasteiger partial charge in [-0.2, -0.15) is 4.98 Å². The summed E-state index contributed by atoms with van der Waals surface area (Å²) in [6.45, 7) is 2.37. The Kier molecular flexibility index (Phi) is 5.97. The van der Waals surface area contributed by atoms with Gasteiger partial charge >= 0.3 is 12.0 Å². The summed E-state index contributed by atoms with van der Waals surface area (Å²) in [4.78, 5) is 17.7. The van der Waals surface area contributed by atoms with Crippen molar-refractivity contribution in [2.45, 2.75) is 18.7 Å². The molecule has 0 unspecified atom stereocenters. The lowest BCUT2D eigenvalue weighted by Gasteiger charge is -2.27. The molecule has 0 bridgehead atoms. The van der Waals surface area contributed by atoms with Crippen LogP contribution in [0, 0.1) is 0 Å². The van der Waals surface area contributed by atoms with Crippen molar-refractivity contribution in [1.29, 1.82) is 0 Å². The second-order valence-electron chi connectivity index (χ2n) is 5.72. The van der Waals surface area contributed by atoms with Crippen LogP contribution in [0.15, 0.2) is 34.9 Å². The number of hydrogen-bond acceptors (Lipinski definition) is 7. The molecule has 2 amide bonds. The number of carbonyl (C=O) groups excluding carboxylic acids is 1. The number of hydrogen-bond donors (Lipinski definition) is 2. The van der Waals surface area contributed by atoms with Gasteiger partial charge in [0.05, 0.1) is 0 Å². The van der Waals surface area contributed by atoms with Crippen molar-refractivity contribution < 1.29 is 17.7 Å². The Morgan fingerprint density at radius 3 is 2.64 bits per heavy atom. The molecular formula is C15H21N5O4S. The van der Waals surface area contributed by atoms with Crippen LogP contribution in [0.3, 0.4) is 0 Å². The van der Waals surface area contributed by atoms with Crippen molar-refractivity contribution in [1.82, 2.24) is 15.5 Å². The number of benzene rings is 1. The van der Waals surface area contributed by atoms with E-state index >= 15 is 0 Å². The monoisotopic (exact) mass is 367 g/mol. The van der Waals surface area contributed by atoms with E-state index in [9.17, 15) is 13.2 Å². The molecule has 0 fully saturated rings. The fourth-order valence-corrected chi connectivity index (χ4v) is 2.62. The first kappa shape index (κ1) is 18.7. The predicted octanol–water partition coefficient (Wildman–Crippen LogP) is 1.26. The molecule has 1 atom stereocenters. The van der Waals surface area contributed by atoms with E-state index in [4.69, 9.17) is 4.52 Å². The van der Waals surface area contributed by atoms with Gasteiger partial charge in [-0.1, -0.05) is 23.4 Å². The lowest BCUT2D eigenvalue weighted by atomic mass is 10.2. The first-order valence-electron chi connectivity index (χ1n) is 7.57. The highest BCUT2D eigenvalue weighted by molar-refractivity contribution is 7.89. The van der Waals surface area contributed by atoms with Gasteiger partial charge in [-0.05, 0) is 19.1 Å². The minimum absolute atomic E-state index is 0.00465. The van der Waals surface area contributed by atoms with Crippen LogP contribution in [0.2, 0.25) is 0 Å². The normalized spacial score (nSPS) is 12.4. The molecule has 9 nitrogen and oxygen atoms in total. The fourth-order valence-electron chi connectivity index (χ4n) is 2.03. The molecule has 1 aromatic heterocycles. The lowest BCUT2D eigenvalue weighted by molar-refractivity contribution is 0.250. The van der Waals surface area contributed by atoms with Gasteiger partial charge in [0.1, 0.15) is 5.75 Å². The van der Waals surface area contributed by atoms with Crippen LogP contribution >= 0.6 is 0 Å². The summed E-state index contributed by atoms with van der Waals surface area (Å²) < 4.78 is 27.1. The molecule has 2 aromatic rings. The van der Waals surface area contributed by atoms with E-state index in [1.165, 1.54) is 0 Å². The summed E-state index contributed by atoms with van der Waals surface area (Å²) in [7, 11) is -1.33. The molecule has 1 heterocycles. The Hall–Kier alpha value is -2.62. The molecule has 0 saturated heterocycles. The van der Waals surface area contributed by atoms with Crippen molar-refractivity contribution in [2.24, 2.45) is 0 Å². The van der Waals surface area contributed by atoms with Crippen molar-refractivity contribution in [3.63, 3.8) is 0 Å². The highest BCUT2D eigenvalue weighted by Gasteiger charge is 2.15. The highest BCUT2D eigenvalue weighted by Crippen LogP contribution is 2.13.